The van der Waals surface area contributed by atoms with Crippen LogP contribution in [0.15, 0.2) is 48.5 Å². The van der Waals surface area contributed by atoms with E-state index in [4.69, 9.17) is 14.2 Å². The van der Waals surface area contributed by atoms with Crippen molar-refractivity contribution >= 4 is 11.6 Å². The smallest absolute Gasteiger partial charge is 0.265 e. The largest absolute Gasteiger partial charge is 0.497 e. The number of nitrogens with one attached hydrogen (secondary N) is 1. The second-order valence-electron chi connectivity index (χ2n) is 5.31. The molecule has 128 valence electrons. The van der Waals surface area contributed by atoms with Gasteiger partial charge in [0.2, 0.25) is 0 Å². The molecule has 0 aliphatic rings. The van der Waals surface area contributed by atoms with Crippen LogP contribution in [-0.4, -0.2) is 26.2 Å². The lowest BCUT2D eigenvalue weighted by Gasteiger charge is -2.17. The maximum absolute atomic E-state index is 12.4. The van der Waals surface area contributed by atoms with E-state index in [9.17, 15) is 4.79 Å². The van der Waals surface area contributed by atoms with Crippen molar-refractivity contribution < 1.29 is 19.0 Å². The van der Waals surface area contributed by atoms with Gasteiger partial charge in [-0.2, -0.15) is 0 Å². The highest BCUT2D eigenvalue weighted by Gasteiger charge is 2.18. The van der Waals surface area contributed by atoms with E-state index >= 15 is 0 Å². The fraction of sp³-hybridized carbons (Fsp3) is 0.316. The average Bonchev–Trinajstić information content (AvgIpc) is 2.60. The van der Waals surface area contributed by atoms with Gasteiger partial charge in [-0.1, -0.05) is 19.1 Å². The van der Waals surface area contributed by atoms with Gasteiger partial charge in [0.05, 0.1) is 13.7 Å². The van der Waals surface area contributed by atoms with E-state index in [0.717, 1.165) is 17.0 Å². The molecule has 5 nitrogen and oxygen atoms in total. The van der Waals surface area contributed by atoms with Gasteiger partial charge < -0.3 is 19.5 Å². The first-order valence-electron chi connectivity index (χ1n) is 7.85. The summed E-state index contributed by atoms with van der Waals surface area (Å²) in [5.41, 5.74) is 1.73. The van der Waals surface area contributed by atoms with E-state index < -0.39 is 6.10 Å². The van der Waals surface area contributed by atoms with Crippen LogP contribution in [0.2, 0.25) is 0 Å². The van der Waals surface area contributed by atoms with Gasteiger partial charge >= 0.3 is 0 Å². The number of anilines is 1. The lowest BCUT2D eigenvalue weighted by molar-refractivity contribution is -0.122. The topological polar surface area (TPSA) is 56.8 Å². The molecule has 0 bridgehead atoms. The number of amides is 1. The molecule has 0 fully saturated rings. The Morgan fingerprint density at radius 3 is 2.42 bits per heavy atom. The van der Waals surface area contributed by atoms with Crippen LogP contribution >= 0.6 is 0 Å². The minimum atomic E-state index is -0.565. The summed E-state index contributed by atoms with van der Waals surface area (Å²) in [7, 11) is 3.25. The maximum Gasteiger partial charge on any atom is 0.265 e. The maximum atomic E-state index is 12.4. The zero-order valence-corrected chi connectivity index (χ0v) is 14.2. The molecule has 5 heteroatoms. The lowest BCUT2D eigenvalue weighted by atomic mass is 10.2. The molecule has 0 spiro atoms. The molecular formula is C19H23NO4. The van der Waals surface area contributed by atoms with E-state index in [2.05, 4.69) is 5.32 Å². The van der Waals surface area contributed by atoms with Gasteiger partial charge in [0, 0.05) is 12.8 Å². The Hall–Kier alpha value is -2.53. The van der Waals surface area contributed by atoms with Gasteiger partial charge in [0.25, 0.3) is 5.91 Å². The molecule has 1 N–H and O–H groups in total. The molecule has 2 aromatic rings. The quantitative estimate of drug-likeness (QED) is 0.803. The number of hydrogen-bond donors (Lipinski definition) is 1. The molecule has 0 unspecified atom stereocenters. The molecule has 0 aliphatic heterocycles. The van der Waals surface area contributed by atoms with Crippen molar-refractivity contribution in [3.8, 4) is 11.5 Å². The van der Waals surface area contributed by atoms with Crippen LogP contribution < -0.4 is 14.8 Å². The van der Waals surface area contributed by atoms with Crippen LogP contribution in [0.25, 0.3) is 0 Å². The van der Waals surface area contributed by atoms with Crippen molar-refractivity contribution in [2.45, 2.75) is 26.1 Å². The Kier molecular flexibility index (Phi) is 6.63. The van der Waals surface area contributed by atoms with Gasteiger partial charge in [0.15, 0.2) is 6.10 Å². The van der Waals surface area contributed by atoms with Crippen LogP contribution in [0.3, 0.4) is 0 Å². The Morgan fingerprint density at radius 1 is 1.08 bits per heavy atom. The van der Waals surface area contributed by atoms with Crippen LogP contribution in [0, 0.1) is 0 Å². The fourth-order valence-corrected chi connectivity index (χ4v) is 2.27. The van der Waals surface area contributed by atoms with Gasteiger partial charge in [-0.05, 0) is 48.4 Å². The highest BCUT2D eigenvalue weighted by molar-refractivity contribution is 5.94. The van der Waals surface area contributed by atoms with Gasteiger partial charge in [-0.15, -0.1) is 0 Å². The molecule has 1 amide bonds. The van der Waals surface area contributed by atoms with Gasteiger partial charge in [-0.3, -0.25) is 4.79 Å². The summed E-state index contributed by atoms with van der Waals surface area (Å²) in [6, 6.07) is 14.7. The van der Waals surface area contributed by atoms with Crippen molar-refractivity contribution in [2.24, 2.45) is 0 Å². The monoisotopic (exact) mass is 329 g/mol. The van der Waals surface area contributed by atoms with E-state index in [1.165, 1.54) is 0 Å². The third-order valence-electron chi connectivity index (χ3n) is 3.51. The van der Waals surface area contributed by atoms with E-state index in [1.54, 1.807) is 38.5 Å². The molecule has 2 rings (SSSR count). The molecule has 0 aromatic heterocycles. The number of carbonyl (C=O) groups is 1. The molecule has 0 aliphatic carbocycles. The van der Waals surface area contributed by atoms with Crippen molar-refractivity contribution in [3.05, 3.63) is 54.1 Å². The van der Waals surface area contributed by atoms with E-state index in [0.29, 0.717) is 18.8 Å². The number of methoxy groups -OCH3 is 2. The molecule has 24 heavy (non-hydrogen) atoms. The number of rotatable bonds is 8. The molecule has 0 radical (unpaired) electrons. The first-order valence-corrected chi connectivity index (χ1v) is 7.85. The Labute approximate surface area is 142 Å². The number of carbonyl (C=O) groups excluding carboxylic acids is 1. The van der Waals surface area contributed by atoms with Crippen molar-refractivity contribution in [1.82, 2.24) is 0 Å². The second-order valence-corrected chi connectivity index (χ2v) is 5.31. The molecular weight excluding hydrogens is 306 g/mol. The Balaban J connectivity index is 2.01. The summed E-state index contributed by atoms with van der Waals surface area (Å²) >= 11 is 0. The number of ether oxygens (including phenoxy) is 3. The van der Waals surface area contributed by atoms with E-state index in [1.807, 2.05) is 31.2 Å². The SMILES string of the molecule is CC[C@H](Oc1ccc(OC)cc1)C(=O)Nc1cccc(COC)c1. The van der Waals surface area contributed by atoms with E-state index in [-0.39, 0.29) is 5.91 Å². The molecule has 0 saturated heterocycles. The molecule has 2 aromatic carbocycles. The highest BCUT2D eigenvalue weighted by Crippen LogP contribution is 2.20. The summed E-state index contributed by atoms with van der Waals surface area (Å²) in [6.45, 7) is 2.42. The average molecular weight is 329 g/mol. The third kappa shape index (κ3) is 4.99. The normalized spacial score (nSPS) is 11.6. The van der Waals surface area contributed by atoms with Crippen LogP contribution in [0.1, 0.15) is 18.9 Å². The summed E-state index contributed by atoms with van der Waals surface area (Å²) in [5, 5.41) is 2.89. The van der Waals surface area contributed by atoms with Crippen molar-refractivity contribution in [1.29, 1.82) is 0 Å². The zero-order valence-electron chi connectivity index (χ0n) is 14.2. The van der Waals surface area contributed by atoms with Gasteiger partial charge in [0.1, 0.15) is 11.5 Å². The predicted octanol–water partition coefficient (Wildman–Crippen LogP) is 3.64. The summed E-state index contributed by atoms with van der Waals surface area (Å²) in [6.07, 6.45) is -0.000196. The highest BCUT2D eigenvalue weighted by atomic mass is 16.5. The minimum Gasteiger partial charge on any atom is -0.497 e. The summed E-state index contributed by atoms with van der Waals surface area (Å²) < 4.78 is 16.0. The number of benzene rings is 2. The first-order chi connectivity index (χ1) is 11.7. The fourth-order valence-electron chi connectivity index (χ4n) is 2.27. The number of hydrogen-bond acceptors (Lipinski definition) is 4. The van der Waals surface area contributed by atoms with Crippen LogP contribution in [-0.2, 0) is 16.1 Å². The summed E-state index contributed by atoms with van der Waals surface area (Å²) in [4.78, 5) is 12.4. The summed E-state index contributed by atoms with van der Waals surface area (Å²) in [5.74, 6) is 1.20. The van der Waals surface area contributed by atoms with Crippen LogP contribution in [0.4, 0.5) is 5.69 Å². The molecule has 0 saturated carbocycles. The van der Waals surface area contributed by atoms with Crippen LogP contribution in [0.5, 0.6) is 11.5 Å². The second kappa shape index (κ2) is 8.93. The zero-order chi connectivity index (χ0) is 17.4. The predicted molar refractivity (Wildman–Crippen MR) is 93.5 cm³/mol. The van der Waals surface area contributed by atoms with Crippen molar-refractivity contribution in [2.75, 3.05) is 19.5 Å². The Bertz CT molecular complexity index is 655. The minimum absolute atomic E-state index is 0.178. The third-order valence-corrected chi connectivity index (χ3v) is 3.51. The molecule has 1 atom stereocenters. The Morgan fingerprint density at radius 2 is 1.79 bits per heavy atom. The first kappa shape index (κ1) is 17.8. The standard InChI is InChI=1S/C19H23NO4/c1-4-18(24-17-10-8-16(23-3)9-11-17)19(21)20-15-7-5-6-14(12-15)13-22-2/h5-12,18H,4,13H2,1-3H3,(H,20,21)/t18-/m0/s1. The van der Waals surface area contributed by atoms with Gasteiger partial charge in [-0.25, -0.2) is 0 Å². The lowest BCUT2D eigenvalue weighted by Crippen LogP contribution is -2.32. The molecule has 0 heterocycles. The van der Waals surface area contributed by atoms with Crippen molar-refractivity contribution in [3.63, 3.8) is 0 Å².